The summed E-state index contributed by atoms with van der Waals surface area (Å²) in [6.07, 6.45) is 8.47. The Morgan fingerprint density at radius 2 is 1.05 bits per heavy atom. The van der Waals surface area contributed by atoms with Crippen LogP contribution in [0.1, 0.15) is 139 Å². The molecule has 8 heteroatoms. The van der Waals surface area contributed by atoms with Crippen LogP contribution in [0.2, 0.25) is 0 Å². The largest absolute Gasteiger partial charge is 0.545 e. The van der Waals surface area contributed by atoms with Crippen molar-refractivity contribution in [3.05, 3.63) is 58.7 Å². The van der Waals surface area contributed by atoms with E-state index < -0.39 is 39.7 Å². The Morgan fingerprint density at radius 1 is 0.667 bits per heavy atom. The number of carboxylic acid groups (broad SMARTS) is 2. The van der Waals surface area contributed by atoms with Crippen molar-refractivity contribution in [1.29, 1.82) is 0 Å². The van der Waals surface area contributed by atoms with Crippen LogP contribution in [-0.4, -0.2) is 55.7 Å². The summed E-state index contributed by atoms with van der Waals surface area (Å²) >= 11 is 0. The fraction of sp³-hybridized carbons (Fsp3) is 0.588. The summed E-state index contributed by atoms with van der Waals surface area (Å²) in [7, 11) is 0. The Labute approximate surface area is 250 Å². The lowest BCUT2D eigenvalue weighted by molar-refractivity contribution is -0.259. The minimum atomic E-state index is -1.58. The van der Waals surface area contributed by atoms with Crippen molar-refractivity contribution in [2.45, 2.75) is 129 Å². The van der Waals surface area contributed by atoms with Crippen LogP contribution in [0.15, 0.2) is 36.4 Å². The van der Waals surface area contributed by atoms with Gasteiger partial charge in [0.05, 0.1) is 11.9 Å². The second kappa shape index (κ2) is 11.3. The number of aromatic carboxylic acids is 2. The monoisotopic (exact) mass is 578 g/mol. The minimum absolute atomic E-state index is 0.0874. The van der Waals surface area contributed by atoms with Crippen LogP contribution < -0.4 is 10.2 Å². The number of rotatable bonds is 6. The Kier molecular flexibility index (Phi) is 8.94. The van der Waals surface area contributed by atoms with Gasteiger partial charge in [0.1, 0.15) is 0 Å². The van der Waals surface area contributed by atoms with E-state index in [-0.39, 0.29) is 29.2 Å². The van der Waals surface area contributed by atoms with Crippen LogP contribution in [0.3, 0.4) is 0 Å². The van der Waals surface area contributed by atoms with E-state index in [1.54, 1.807) is 38.1 Å². The number of hydrogen-bond acceptors (Lipinski definition) is 6. The maximum absolute atomic E-state index is 13.2. The van der Waals surface area contributed by atoms with Gasteiger partial charge in [-0.15, -0.1) is 0 Å². The van der Waals surface area contributed by atoms with Crippen molar-refractivity contribution < 1.29 is 29.4 Å². The third kappa shape index (κ3) is 6.04. The molecule has 230 valence electrons. The zero-order valence-electron chi connectivity index (χ0n) is 26.8. The third-order valence-electron chi connectivity index (χ3n) is 9.02. The van der Waals surface area contributed by atoms with Crippen LogP contribution in [0, 0.1) is 0 Å². The first kappa shape index (κ1) is 33.1. The lowest BCUT2D eigenvalue weighted by Crippen LogP contribution is -2.62. The predicted molar refractivity (Wildman–Crippen MR) is 159 cm³/mol. The summed E-state index contributed by atoms with van der Waals surface area (Å²) in [5.41, 5.74) is -2.03. The fourth-order valence-corrected chi connectivity index (χ4v) is 8.43. The van der Waals surface area contributed by atoms with Crippen molar-refractivity contribution >= 4 is 23.8 Å². The average molecular weight is 579 g/mol. The Bertz CT molecular complexity index is 1300. The first-order valence-electron chi connectivity index (χ1n) is 14.8. The molecule has 42 heavy (non-hydrogen) atoms. The van der Waals surface area contributed by atoms with Gasteiger partial charge in [0.15, 0.2) is 0 Å². The van der Waals surface area contributed by atoms with Crippen LogP contribution in [0.4, 0.5) is 0 Å². The van der Waals surface area contributed by atoms with Crippen LogP contribution in [0.25, 0.3) is 0 Å². The minimum Gasteiger partial charge on any atom is -0.545 e. The van der Waals surface area contributed by atoms with Crippen molar-refractivity contribution in [1.82, 2.24) is 9.80 Å². The lowest BCUT2D eigenvalue weighted by Gasteiger charge is -2.57. The molecule has 1 aromatic carbocycles. The second-order valence-corrected chi connectivity index (χ2v) is 14.4. The molecule has 2 amide bonds. The van der Waals surface area contributed by atoms with Gasteiger partial charge in [-0.1, -0.05) is 24.3 Å². The summed E-state index contributed by atoms with van der Waals surface area (Å²) in [5, 5.41) is 24.9. The van der Waals surface area contributed by atoms with E-state index in [2.05, 4.69) is 0 Å². The predicted octanol–water partition coefficient (Wildman–Crippen LogP) is 4.09. The lowest BCUT2D eigenvalue weighted by atomic mass is 9.65. The number of piperidine rings is 2. The van der Waals surface area contributed by atoms with Gasteiger partial charge in [0.25, 0.3) is 0 Å². The van der Waals surface area contributed by atoms with Gasteiger partial charge in [-0.2, -0.15) is 0 Å². The number of nitrogens with zero attached hydrogens (tertiary/aromatic N) is 2. The zero-order valence-corrected chi connectivity index (χ0v) is 26.8. The maximum Gasteiger partial charge on any atom is 0.247 e. The Morgan fingerprint density at radius 3 is 1.38 bits per heavy atom. The molecule has 2 saturated heterocycles. The van der Waals surface area contributed by atoms with Gasteiger partial charge in [-0.05, 0) is 130 Å². The number of carbonyl (C=O) groups excluding carboxylic acids is 4. The first-order chi connectivity index (χ1) is 19.2. The van der Waals surface area contributed by atoms with E-state index >= 15 is 0 Å². The van der Waals surface area contributed by atoms with Gasteiger partial charge in [0.2, 0.25) is 11.8 Å². The molecule has 8 nitrogen and oxygen atoms in total. The number of benzene rings is 1. The highest BCUT2D eigenvalue weighted by molar-refractivity contribution is 6.02. The van der Waals surface area contributed by atoms with E-state index in [1.165, 1.54) is 12.1 Å². The SMILES string of the molecule is C/C=C/C(=O)N1C(C)(C)CC(c2ccc(C(=O)[O-])c(C(=O)[O-])c2C2CC(C)(C)N(C(=O)/C=C/C)C(C)(C)C2)CC1(C)C. The number of allylic oxidation sites excluding steroid dienone is 2. The smallest absolute Gasteiger partial charge is 0.247 e. The van der Waals surface area contributed by atoms with E-state index in [0.717, 1.165) is 5.56 Å². The molecule has 0 N–H and O–H groups in total. The van der Waals surface area contributed by atoms with E-state index in [4.69, 9.17) is 0 Å². The molecule has 0 aromatic heterocycles. The van der Waals surface area contributed by atoms with Crippen LogP contribution in [0.5, 0.6) is 0 Å². The van der Waals surface area contributed by atoms with Gasteiger partial charge >= 0.3 is 0 Å². The van der Waals surface area contributed by atoms with Crippen molar-refractivity contribution in [2.75, 3.05) is 0 Å². The molecule has 3 rings (SSSR count). The first-order valence-corrected chi connectivity index (χ1v) is 14.8. The number of carboxylic acids is 2. The second-order valence-electron chi connectivity index (χ2n) is 14.4. The molecule has 2 aliphatic rings. The van der Waals surface area contributed by atoms with E-state index in [1.807, 2.05) is 65.2 Å². The molecule has 2 aliphatic heterocycles. The zero-order chi connectivity index (χ0) is 32.0. The third-order valence-corrected chi connectivity index (χ3v) is 9.02. The summed E-state index contributed by atoms with van der Waals surface area (Å²) in [5.74, 6) is -3.89. The molecule has 0 bridgehead atoms. The summed E-state index contributed by atoms with van der Waals surface area (Å²) < 4.78 is 0. The molecule has 0 aliphatic carbocycles. The molecule has 0 spiro atoms. The van der Waals surface area contributed by atoms with Crippen LogP contribution >= 0.6 is 0 Å². The Hall–Kier alpha value is -3.42. The van der Waals surface area contributed by atoms with Gasteiger partial charge < -0.3 is 29.6 Å². The number of likely N-dealkylation sites (tertiary alicyclic amines) is 2. The molecule has 0 saturated carbocycles. The van der Waals surface area contributed by atoms with Crippen molar-refractivity contribution in [3.63, 3.8) is 0 Å². The number of hydrogen-bond donors (Lipinski definition) is 0. The highest BCUT2D eigenvalue weighted by Gasteiger charge is 2.51. The molecule has 2 heterocycles. The molecular weight excluding hydrogens is 532 g/mol. The highest BCUT2D eigenvalue weighted by Crippen LogP contribution is 2.52. The normalized spacial score (nSPS) is 22.0. The van der Waals surface area contributed by atoms with Crippen molar-refractivity contribution in [2.24, 2.45) is 0 Å². The van der Waals surface area contributed by atoms with E-state index in [0.29, 0.717) is 31.2 Å². The van der Waals surface area contributed by atoms with Gasteiger partial charge in [-0.25, -0.2) is 0 Å². The fourth-order valence-electron chi connectivity index (χ4n) is 8.43. The number of carbonyl (C=O) groups is 4. The van der Waals surface area contributed by atoms with Gasteiger partial charge in [0, 0.05) is 33.3 Å². The van der Waals surface area contributed by atoms with Crippen LogP contribution in [-0.2, 0) is 9.59 Å². The molecule has 1 aromatic rings. The standard InChI is InChI=1S/C34H48N2O6/c1-11-13-25(37)35-31(3,4)17-21(18-32(35,5)6)23-15-16-24(29(39)40)28(30(41)42)27(23)22-19-33(7,8)36(26(38)14-12-2)34(9,10)20-22/h11-16,21-22H,17-20H2,1-10H3,(H,39,40)(H,41,42)/p-2/b13-11+,14-12+. The highest BCUT2D eigenvalue weighted by atomic mass is 16.4. The molecule has 0 radical (unpaired) electrons. The summed E-state index contributed by atoms with van der Waals surface area (Å²) in [4.78, 5) is 55.0. The quantitative estimate of drug-likeness (QED) is 0.469. The average Bonchev–Trinajstić information content (AvgIpc) is 2.79. The molecule has 0 atom stereocenters. The number of amides is 2. The topological polar surface area (TPSA) is 121 Å². The van der Waals surface area contributed by atoms with E-state index in [9.17, 15) is 29.4 Å². The maximum atomic E-state index is 13.2. The molecule has 2 fully saturated rings. The molecular formula is C34H46N2O6-2. The molecule has 0 unspecified atom stereocenters. The Balaban J connectivity index is 2.26. The van der Waals surface area contributed by atoms with Crippen molar-refractivity contribution in [3.8, 4) is 0 Å². The summed E-state index contributed by atoms with van der Waals surface area (Å²) in [6, 6.07) is 3.04. The summed E-state index contributed by atoms with van der Waals surface area (Å²) in [6.45, 7) is 19.5. The van der Waals surface area contributed by atoms with Gasteiger partial charge in [-0.3, -0.25) is 9.59 Å².